The molecule has 124 valence electrons. The van der Waals surface area contributed by atoms with Gasteiger partial charge in [-0.25, -0.2) is 4.79 Å². The molecule has 0 unspecified atom stereocenters. The van der Waals surface area contributed by atoms with Crippen LogP contribution in [-0.4, -0.2) is 29.9 Å². The molecule has 1 fully saturated rings. The first-order chi connectivity index (χ1) is 11.6. The maximum absolute atomic E-state index is 12.2. The summed E-state index contributed by atoms with van der Waals surface area (Å²) in [6.45, 7) is 2.00. The molecule has 0 N–H and O–H groups in total. The number of rotatable bonds is 4. The number of carbonyl (C=O) groups excluding carboxylic acids is 2. The number of carbonyl (C=O) groups is 2. The van der Waals surface area contributed by atoms with Crippen molar-refractivity contribution in [2.45, 2.75) is 29.8 Å². The van der Waals surface area contributed by atoms with E-state index in [-0.39, 0.29) is 17.6 Å². The molecule has 1 heterocycles. The maximum Gasteiger partial charge on any atom is 0.340 e. The molecular formula is C19H18O4S. The summed E-state index contributed by atoms with van der Waals surface area (Å²) in [6, 6.07) is 16.8. The van der Waals surface area contributed by atoms with Crippen molar-refractivity contribution in [3.05, 3.63) is 65.7 Å². The summed E-state index contributed by atoms with van der Waals surface area (Å²) in [6.07, 6.45) is -0.410. The molecule has 0 spiro atoms. The van der Waals surface area contributed by atoms with Gasteiger partial charge in [-0.3, -0.25) is 4.79 Å². The van der Waals surface area contributed by atoms with E-state index in [1.807, 2.05) is 37.3 Å². The Labute approximate surface area is 145 Å². The summed E-state index contributed by atoms with van der Waals surface area (Å²) in [5.74, 6) is -0.420. The SMILES string of the molecule is Cc1ccc(S[C@@H]2CC(=O)CO[C@H]2OC(=O)c2ccccc2)cc1. The number of ether oxygens (including phenoxy) is 2. The zero-order valence-corrected chi connectivity index (χ0v) is 14.1. The van der Waals surface area contributed by atoms with Gasteiger partial charge in [0.25, 0.3) is 0 Å². The Morgan fingerprint density at radius 3 is 2.54 bits per heavy atom. The first-order valence-electron chi connectivity index (χ1n) is 7.74. The summed E-state index contributed by atoms with van der Waals surface area (Å²) in [7, 11) is 0. The van der Waals surface area contributed by atoms with Crippen molar-refractivity contribution < 1.29 is 19.1 Å². The predicted octanol–water partition coefficient (Wildman–Crippen LogP) is 3.63. The van der Waals surface area contributed by atoms with Gasteiger partial charge in [-0.2, -0.15) is 0 Å². The fourth-order valence-corrected chi connectivity index (χ4v) is 3.57. The minimum absolute atomic E-state index is 0.0162. The highest BCUT2D eigenvalue weighted by Crippen LogP contribution is 2.32. The lowest BCUT2D eigenvalue weighted by Gasteiger charge is -2.29. The van der Waals surface area contributed by atoms with Gasteiger partial charge in [0.1, 0.15) is 6.61 Å². The number of thioether (sulfide) groups is 1. The molecule has 0 radical (unpaired) electrons. The van der Waals surface area contributed by atoms with E-state index in [1.54, 1.807) is 24.3 Å². The molecule has 24 heavy (non-hydrogen) atoms. The van der Waals surface area contributed by atoms with Crippen LogP contribution in [0.15, 0.2) is 59.5 Å². The molecule has 0 saturated carbocycles. The fourth-order valence-electron chi connectivity index (χ4n) is 2.41. The van der Waals surface area contributed by atoms with E-state index in [4.69, 9.17) is 9.47 Å². The molecule has 2 aromatic carbocycles. The third kappa shape index (κ3) is 4.24. The van der Waals surface area contributed by atoms with Crippen molar-refractivity contribution in [1.82, 2.24) is 0 Å². The largest absolute Gasteiger partial charge is 0.431 e. The first-order valence-corrected chi connectivity index (χ1v) is 8.62. The number of esters is 1. The first kappa shape index (κ1) is 16.7. The molecule has 4 nitrogen and oxygen atoms in total. The van der Waals surface area contributed by atoms with Crippen LogP contribution in [-0.2, 0) is 14.3 Å². The van der Waals surface area contributed by atoms with Gasteiger partial charge in [0.2, 0.25) is 6.29 Å². The van der Waals surface area contributed by atoms with Crippen LogP contribution in [0.25, 0.3) is 0 Å². The Morgan fingerprint density at radius 1 is 1.12 bits per heavy atom. The fraction of sp³-hybridized carbons (Fsp3) is 0.263. The number of hydrogen-bond acceptors (Lipinski definition) is 5. The molecule has 0 bridgehead atoms. The summed E-state index contributed by atoms with van der Waals surface area (Å²) in [4.78, 5) is 25.0. The van der Waals surface area contributed by atoms with E-state index >= 15 is 0 Å². The van der Waals surface area contributed by atoms with Crippen LogP contribution in [0.4, 0.5) is 0 Å². The topological polar surface area (TPSA) is 52.6 Å². The summed E-state index contributed by atoms with van der Waals surface area (Å²) >= 11 is 1.50. The van der Waals surface area contributed by atoms with Gasteiger partial charge in [-0.05, 0) is 31.2 Å². The maximum atomic E-state index is 12.2. The van der Waals surface area contributed by atoms with Gasteiger partial charge < -0.3 is 9.47 Å². The number of aryl methyl sites for hydroxylation is 1. The normalized spacial score (nSPS) is 20.6. The number of benzene rings is 2. The number of hydrogen-bond donors (Lipinski definition) is 0. The van der Waals surface area contributed by atoms with Crippen molar-refractivity contribution in [1.29, 1.82) is 0 Å². The molecule has 1 aliphatic rings. The quantitative estimate of drug-likeness (QED) is 0.794. The second-order valence-corrected chi connectivity index (χ2v) is 6.98. The van der Waals surface area contributed by atoms with E-state index < -0.39 is 12.3 Å². The van der Waals surface area contributed by atoms with Crippen molar-refractivity contribution in [2.75, 3.05) is 6.61 Å². The van der Waals surface area contributed by atoms with E-state index in [1.165, 1.54) is 17.3 Å². The minimum atomic E-state index is -0.735. The molecule has 1 aliphatic heterocycles. The molecule has 0 aromatic heterocycles. The van der Waals surface area contributed by atoms with Crippen LogP contribution in [0.5, 0.6) is 0 Å². The van der Waals surface area contributed by atoms with Crippen LogP contribution in [0.2, 0.25) is 0 Å². The van der Waals surface area contributed by atoms with Gasteiger partial charge in [-0.1, -0.05) is 35.9 Å². The Balaban J connectivity index is 1.70. The number of Topliss-reactive ketones (excluding diaryl/α,β-unsaturated/α-hetero) is 1. The second-order valence-electron chi connectivity index (χ2n) is 5.66. The van der Waals surface area contributed by atoms with Crippen LogP contribution in [0.3, 0.4) is 0 Å². The van der Waals surface area contributed by atoms with Gasteiger partial charge >= 0.3 is 5.97 Å². The lowest BCUT2D eigenvalue weighted by Crippen LogP contribution is -2.40. The van der Waals surface area contributed by atoms with E-state index in [9.17, 15) is 9.59 Å². The molecule has 5 heteroatoms. The van der Waals surface area contributed by atoms with E-state index in [2.05, 4.69) is 0 Å². The summed E-state index contributed by atoms with van der Waals surface area (Å²) < 4.78 is 11.0. The van der Waals surface area contributed by atoms with Gasteiger partial charge in [0, 0.05) is 11.3 Å². The van der Waals surface area contributed by atoms with Gasteiger partial charge in [0.05, 0.1) is 10.8 Å². The molecule has 2 aromatic rings. The van der Waals surface area contributed by atoms with Gasteiger partial charge in [-0.15, -0.1) is 11.8 Å². The Morgan fingerprint density at radius 2 is 1.83 bits per heavy atom. The molecular weight excluding hydrogens is 324 g/mol. The van der Waals surface area contributed by atoms with Crippen molar-refractivity contribution in [2.24, 2.45) is 0 Å². The lowest BCUT2D eigenvalue weighted by molar-refractivity contribution is -0.153. The van der Waals surface area contributed by atoms with Crippen molar-refractivity contribution in [3.63, 3.8) is 0 Å². The zero-order chi connectivity index (χ0) is 16.9. The third-order valence-electron chi connectivity index (χ3n) is 3.68. The van der Waals surface area contributed by atoms with Crippen LogP contribution in [0, 0.1) is 6.92 Å². The second kappa shape index (κ2) is 7.64. The standard InChI is InChI=1S/C19H18O4S/c1-13-7-9-16(10-8-13)24-17-11-15(20)12-22-19(17)23-18(21)14-5-3-2-4-6-14/h2-10,17,19H,11-12H2,1H3/t17-,19+/m1/s1. The zero-order valence-electron chi connectivity index (χ0n) is 13.3. The average Bonchev–Trinajstić information content (AvgIpc) is 2.60. The highest BCUT2D eigenvalue weighted by atomic mass is 32.2. The smallest absolute Gasteiger partial charge is 0.340 e. The highest BCUT2D eigenvalue weighted by molar-refractivity contribution is 8.00. The predicted molar refractivity (Wildman–Crippen MR) is 92.0 cm³/mol. The van der Waals surface area contributed by atoms with Crippen molar-refractivity contribution >= 4 is 23.5 Å². The molecule has 3 rings (SSSR count). The minimum Gasteiger partial charge on any atom is -0.431 e. The lowest BCUT2D eigenvalue weighted by atomic mass is 10.1. The third-order valence-corrected chi connectivity index (χ3v) is 4.92. The van der Waals surface area contributed by atoms with E-state index in [0.29, 0.717) is 12.0 Å². The van der Waals surface area contributed by atoms with Crippen LogP contribution < -0.4 is 0 Å². The molecule has 2 atom stereocenters. The Hall–Kier alpha value is -2.11. The molecule has 1 saturated heterocycles. The summed E-state index contributed by atoms with van der Waals surface area (Å²) in [5.41, 5.74) is 1.64. The van der Waals surface area contributed by atoms with E-state index in [0.717, 1.165) is 4.90 Å². The molecule has 0 amide bonds. The monoisotopic (exact) mass is 342 g/mol. The Bertz CT molecular complexity index is 712. The Kier molecular flexibility index (Phi) is 5.33. The molecule has 0 aliphatic carbocycles. The van der Waals surface area contributed by atoms with Crippen LogP contribution in [0.1, 0.15) is 22.3 Å². The summed E-state index contributed by atoms with van der Waals surface area (Å²) in [5, 5.41) is -0.249. The highest BCUT2D eigenvalue weighted by Gasteiger charge is 2.34. The van der Waals surface area contributed by atoms with Gasteiger partial charge in [0.15, 0.2) is 5.78 Å². The number of ketones is 1. The average molecular weight is 342 g/mol. The van der Waals surface area contributed by atoms with Crippen molar-refractivity contribution in [3.8, 4) is 0 Å². The van der Waals surface area contributed by atoms with Crippen LogP contribution >= 0.6 is 11.8 Å².